The first-order valence-corrected chi connectivity index (χ1v) is 6.62. The van der Waals surface area contributed by atoms with Crippen LogP contribution in [0.5, 0.6) is 0 Å². The Hall–Kier alpha value is -1.52. The van der Waals surface area contributed by atoms with Crippen molar-refractivity contribution in [3.63, 3.8) is 0 Å². The first kappa shape index (κ1) is 16.5. The molecule has 0 atom stereocenters. The molecule has 0 radical (unpaired) electrons. The molecule has 0 spiro atoms. The van der Waals surface area contributed by atoms with Crippen LogP contribution in [0.4, 0.5) is 0 Å². The van der Waals surface area contributed by atoms with Crippen LogP contribution in [0.1, 0.15) is 19.4 Å². The molecule has 1 amide bonds. The van der Waals surface area contributed by atoms with Crippen LogP contribution in [-0.2, 0) is 9.59 Å². The summed E-state index contributed by atoms with van der Waals surface area (Å²) in [6.07, 6.45) is 2.86. The number of carboxylic acid groups (broad SMARTS) is 1. The first-order valence-electron chi connectivity index (χ1n) is 5.86. The highest BCUT2D eigenvalue weighted by Gasteiger charge is 2.27. The van der Waals surface area contributed by atoms with Gasteiger partial charge in [0.05, 0.1) is 5.41 Å². The molecule has 0 heterocycles. The van der Waals surface area contributed by atoms with Gasteiger partial charge in [0.25, 0.3) is 0 Å². The number of carboxylic acids is 1. The lowest BCUT2D eigenvalue weighted by Crippen LogP contribution is -2.38. The third-order valence-electron chi connectivity index (χ3n) is 2.60. The monoisotopic (exact) mass is 315 g/mol. The summed E-state index contributed by atoms with van der Waals surface area (Å²) < 4.78 is 0. The molecule has 6 heteroatoms. The Morgan fingerprint density at radius 1 is 1.25 bits per heavy atom. The van der Waals surface area contributed by atoms with Gasteiger partial charge in [-0.05, 0) is 43.7 Å². The van der Waals surface area contributed by atoms with E-state index in [-0.39, 0.29) is 12.5 Å². The minimum atomic E-state index is -1.01. The highest BCUT2D eigenvalue weighted by Crippen LogP contribution is 2.19. The van der Waals surface area contributed by atoms with Crippen LogP contribution in [0.25, 0.3) is 6.08 Å². The van der Waals surface area contributed by atoms with E-state index in [1.54, 1.807) is 24.3 Å². The van der Waals surface area contributed by atoms with Crippen molar-refractivity contribution >= 4 is 41.2 Å². The molecule has 0 aliphatic rings. The first-order chi connectivity index (χ1) is 9.20. The minimum absolute atomic E-state index is 0.0435. The maximum Gasteiger partial charge on any atom is 0.310 e. The molecule has 2 N–H and O–H groups in total. The highest BCUT2D eigenvalue weighted by molar-refractivity contribution is 6.34. The average Bonchev–Trinajstić information content (AvgIpc) is 2.32. The third-order valence-corrected chi connectivity index (χ3v) is 3.03. The molecule has 1 aromatic carbocycles. The van der Waals surface area contributed by atoms with Crippen molar-refractivity contribution in [2.24, 2.45) is 5.41 Å². The quantitative estimate of drug-likeness (QED) is 0.820. The molecule has 4 nitrogen and oxygen atoms in total. The fourth-order valence-corrected chi connectivity index (χ4v) is 1.83. The number of benzene rings is 1. The number of amides is 1. The van der Waals surface area contributed by atoms with Crippen LogP contribution in [0, 0.1) is 5.41 Å². The predicted molar refractivity (Wildman–Crippen MR) is 79.9 cm³/mol. The number of halogens is 2. The van der Waals surface area contributed by atoms with Crippen LogP contribution in [0.2, 0.25) is 10.0 Å². The maximum absolute atomic E-state index is 11.6. The number of hydrogen-bond donors (Lipinski definition) is 2. The molecule has 0 aliphatic carbocycles. The fourth-order valence-electron chi connectivity index (χ4n) is 1.29. The number of aliphatic carboxylic acids is 1. The highest BCUT2D eigenvalue weighted by atomic mass is 35.5. The standard InChI is InChI=1S/C14H15Cl2NO3/c1-14(2,13(19)20)8-17-12(18)4-3-9-5-10(15)7-11(16)6-9/h3-7H,8H2,1-2H3,(H,17,18)(H,19,20)/b4-3+. The SMILES string of the molecule is CC(C)(CNC(=O)/C=C/c1cc(Cl)cc(Cl)c1)C(=O)O. The number of carbonyl (C=O) groups is 2. The topological polar surface area (TPSA) is 66.4 Å². The van der Waals surface area contributed by atoms with Crippen molar-refractivity contribution < 1.29 is 14.7 Å². The smallest absolute Gasteiger partial charge is 0.310 e. The van der Waals surface area contributed by atoms with Crippen LogP contribution in [0.3, 0.4) is 0 Å². The molecule has 0 fully saturated rings. The molecule has 0 aromatic heterocycles. The lowest BCUT2D eigenvalue weighted by Gasteiger charge is -2.18. The van der Waals surface area contributed by atoms with Crippen LogP contribution < -0.4 is 5.32 Å². The number of hydrogen-bond acceptors (Lipinski definition) is 2. The van der Waals surface area contributed by atoms with Crippen molar-refractivity contribution in [1.29, 1.82) is 0 Å². The second-order valence-corrected chi connectivity index (χ2v) is 5.82. The average molecular weight is 316 g/mol. The predicted octanol–water partition coefficient (Wildman–Crippen LogP) is 3.23. The molecule has 0 unspecified atom stereocenters. The van der Waals surface area contributed by atoms with Crippen LogP contribution in [0.15, 0.2) is 24.3 Å². The zero-order chi connectivity index (χ0) is 15.3. The molecular formula is C14H15Cl2NO3. The van der Waals surface area contributed by atoms with Crippen molar-refractivity contribution in [3.05, 3.63) is 39.9 Å². The largest absolute Gasteiger partial charge is 0.481 e. The van der Waals surface area contributed by atoms with E-state index in [0.29, 0.717) is 15.6 Å². The molecule has 0 aliphatic heterocycles. The molecule has 0 saturated carbocycles. The minimum Gasteiger partial charge on any atom is -0.481 e. The summed E-state index contributed by atoms with van der Waals surface area (Å²) in [5.74, 6) is -1.35. The van der Waals surface area contributed by atoms with Gasteiger partial charge in [-0.1, -0.05) is 23.2 Å². The van der Waals surface area contributed by atoms with Gasteiger partial charge in [0.15, 0.2) is 0 Å². The van der Waals surface area contributed by atoms with E-state index in [1.807, 2.05) is 0 Å². The molecule has 1 aromatic rings. The van der Waals surface area contributed by atoms with E-state index in [4.69, 9.17) is 28.3 Å². The summed E-state index contributed by atoms with van der Waals surface area (Å²) in [4.78, 5) is 22.5. The van der Waals surface area contributed by atoms with Gasteiger partial charge in [0, 0.05) is 22.7 Å². The lowest BCUT2D eigenvalue weighted by molar-refractivity contribution is -0.146. The van der Waals surface area contributed by atoms with E-state index in [0.717, 1.165) is 0 Å². The summed E-state index contributed by atoms with van der Waals surface area (Å²) in [5, 5.41) is 12.4. The van der Waals surface area contributed by atoms with Crippen molar-refractivity contribution in [1.82, 2.24) is 5.32 Å². The molecule has 20 heavy (non-hydrogen) atoms. The lowest BCUT2D eigenvalue weighted by atomic mass is 9.94. The molecule has 108 valence electrons. The van der Waals surface area contributed by atoms with E-state index in [2.05, 4.69) is 5.32 Å². The summed E-state index contributed by atoms with van der Waals surface area (Å²) in [6, 6.07) is 4.92. The molecule has 0 bridgehead atoms. The Morgan fingerprint density at radius 2 is 1.80 bits per heavy atom. The summed E-state index contributed by atoms with van der Waals surface area (Å²) >= 11 is 11.7. The number of carbonyl (C=O) groups excluding carboxylic acids is 1. The van der Waals surface area contributed by atoms with Crippen molar-refractivity contribution in [3.8, 4) is 0 Å². The number of nitrogens with one attached hydrogen (secondary N) is 1. The zero-order valence-electron chi connectivity index (χ0n) is 11.1. The van der Waals surface area contributed by atoms with Gasteiger partial charge in [-0.2, -0.15) is 0 Å². The summed E-state index contributed by atoms with van der Waals surface area (Å²) in [5.41, 5.74) is -0.321. The summed E-state index contributed by atoms with van der Waals surface area (Å²) in [6.45, 7) is 3.12. The maximum atomic E-state index is 11.6. The van der Waals surface area contributed by atoms with E-state index < -0.39 is 11.4 Å². The number of rotatable bonds is 5. The van der Waals surface area contributed by atoms with Crippen molar-refractivity contribution in [2.75, 3.05) is 6.54 Å². The Bertz CT molecular complexity index is 533. The van der Waals surface area contributed by atoms with Crippen molar-refractivity contribution in [2.45, 2.75) is 13.8 Å². The second-order valence-electron chi connectivity index (χ2n) is 4.94. The summed E-state index contributed by atoms with van der Waals surface area (Å²) in [7, 11) is 0. The Morgan fingerprint density at radius 3 is 2.30 bits per heavy atom. The van der Waals surface area contributed by atoms with Crippen LogP contribution >= 0.6 is 23.2 Å². The molecule has 0 saturated heterocycles. The fraction of sp³-hybridized carbons (Fsp3) is 0.286. The molecular weight excluding hydrogens is 301 g/mol. The van der Waals surface area contributed by atoms with Gasteiger partial charge in [-0.25, -0.2) is 0 Å². The van der Waals surface area contributed by atoms with Gasteiger partial charge >= 0.3 is 5.97 Å². The Balaban J connectivity index is 2.62. The van der Waals surface area contributed by atoms with Gasteiger partial charge in [0.2, 0.25) is 5.91 Å². The zero-order valence-corrected chi connectivity index (χ0v) is 12.6. The Kier molecular flexibility index (Phi) is 5.60. The van der Waals surface area contributed by atoms with E-state index in [1.165, 1.54) is 19.9 Å². The van der Waals surface area contributed by atoms with E-state index >= 15 is 0 Å². The molecule has 1 rings (SSSR count). The third kappa shape index (κ3) is 5.23. The van der Waals surface area contributed by atoms with Gasteiger partial charge in [-0.15, -0.1) is 0 Å². The van der Waals surface area contributed by atoms with E-state index in [9.17, 15) is 9.59 Å². The Labute approximate surface area is 127 Å². The van der Waals surface area contributed by atoms with Crippen LogP contribution in [-0.4, -0.2) is 23.5 Å². The van der Waals surface area contributed by atoms with Gasteiger partial charge in [0.1, 0.15) is 0 Å². The normalized spacial score (nSPS) is 11.6. The second kappa shape index (κ2) is 6.77. The van der Waals surface area contributed by atoms with Gasteiger partial charge in [-0.3, -0.25) is 9.59 Å². The van der Waals surface area contributed by atoms with Gasteiger partial charge < -0.3 is 10.4 Å².